The second-order valence-electron chi connectivity index (χ2n) is 4.52. The summed E-state index contributed by atoms with van der Waals surface area (Å²) in [5, 5.41) is 2.62. The van der Waals surface area contributed by atoms with Crippen LogP contribution in [0.4, 0.5) is 5.69 Å². The van der Waals surface area contributed by atoms with E-state index in [1.54, 1.807) is 24.3 Å². The molecule has 0 aliphatic carbocycles. The number of benzene rings is 1. The van der Waals surface area contributed by atoms with Crippen LogP contribution in [-0.2, 0) is 14.8 Å². The lowest BCUT2D eigenvalue weighted by Crippen LogP contribution is -2.34. The van der Waals surface area contributed by atoms with E-state index >= 15 is 0 Å². The first kappa shape index (κ1) is 16.2. The van der Waals surface area contributed by atoms with Crippen molar-refractivity contribution in [1.82, 2.24) is 5.32 Å². The molecular formula is C14H20N2O3S. The maximum Gasteiger partial charge on any atom is 0.232 e. The van der Waals surface area contributed by atoms with Crippen molar-refractivity contribution in [2.75, 3.05) is 23.7 Å². The number of nitrogens with zero attached hydrogens (tertiary/aromatic N) is 1. The van der Waals surface area contributed by atoms with Crippen molar-refractivity contribution in [3.05, 3.63) is 42.5 Å². The van der Waals surface area contributed by atoms with Gasteiger partial charge in [0.15, 0.2) is 0 Å². The highest BCUT2D eigenvalue weighted by Gasteiger charge is 2.18. The fourth-order valence-electron chi connectivity index (χ4n) is 1.75. The summed E-state index contributed by atoms with van der Waals surface area (Å²) in [5.41, 5.74) is 1.54. The lowest BCUT2D eigenvalue weighted by Gasteiger charge is -2.22. The van der Waals surface area contributed by atoms with Crippen LogP contribution in [0, 0.1) is 6.92 Å². The van der Waals surface area contributed by atoms with Gasteiger partial charge in [-0.15, -0.1) is 6.58 Å². The molecule has 20 heavy (non-hydrogen) atoms. The smallest absolute Gasteiger partial charge is 0.232 e. The van der Waals surface area contributed by atoms with Crippen molar-refractivity contribution in [2.45, 2.75) is 13.3 Å². The molecule has 0 aliphatic rings. The zero-order valence-electron chi connectivity index (χ0n) is 11.8. The molecule has 110 valence electrons. The van der Waals surface area contributed by atoms with Gasteiger partial charge in [-0.1, -0.05) is 18.2 Å². The van der Waals surface area contributed by atoms with Gasteiger partial charge in [0, 0.05) is 19.5 Å². The van der Waals surface area contributed by atoms with Gasteiger partial charge in [0.25, 0.3) is 0 Å². The normalized spacial score (nSPS) is 10.9. The van der Waals surface area contributed by atoms with E-state index in [0.717, 1.165) is 11.8 Å². The van der Waals surface area contributed by atoms with E-state index in [4.69, 9.17) is 0 Å². The van der Waals surface area contributed by atoms with Gasteiger partial charge in [-0.3, -0.25) is 9.10 Å². The Morgan fingerprint density at radius 2 is 2.15 bits per heavy atom. The predicted octanol–water partition coefficient (Wildman–Crippen LogP) is 1.45. The number of carbonyl (C=O) groups excluding carboxylic acids is 1. The van der Waals surface area contributed by atoms with E-state index in [2.05, 4.69) is 11.9 Å². The molecule has 0 bridgehead atoms. The number of nitrogens with one attached hydrogen (secondary N) is 1. The zero-order valence-corrected chi connectivity index (χ0v) is 12.6. The van der Waals surface area contributed by atoms with Crippen LogP contribution in [0.2, 0.25) is 0 Å². The zero-order chi connectivity index (χ0) is 15.2. The third-order valence-electron chi connectivity index (χ3n) is 2.68. The standard InChI is InChI=1S/C14H20N2O3S/c1-4-9-15-14(17)8-10-16(20(3,18)19)13-7-5-6-12(2)11-13/h4-7,11H,1,8-10H2,2-3H3,(H,15,17). The average Bonchev–Trinajstić information content (AvgIpc) is 2.35. The summed E-state index contributed by atoms with van der Waals surface area (Å²) >= 11 is 0. The van der Waals surface area contributed by atoms with Crippen molar-refractivity contribution in [3.8, 4) is 0 Å². The molecule has 0 fully saturated rings. The topological polar surface area (TPSA) is 66.5 Å². The molecule has 5 nitrogen and oxygen atoms in total. The monoisotopic (exact) mass is 296 g/mol. The van der Waals surface area contributed by atoms with Crippen LogP contribution in [-0.4, -0.2) is 33.7 Å². The van der Waals surface area contributed by atoms with Gasteiger partial charge in [-0.25, -0.2) is 8.42 Å². The number of amides is 1. The quantitative estimate of drug-likeness (QED) is 0.775. The molecule has 1 amide bonds. The Labute approximate surface area is 120 Å². The van der Waals surface area contributed by atoms with E-state index in [1.165, 1.54) is 4.31 Å². The lowest BCUT2D eigenvalue weighted by atomic mass is 10.2. The Kier molecular flexibility index (Phi) is 5.76. The molecule has 6 heteroatoms. The molecule has 0 aromatic heterocycles. The highest BCUT2D eigenvalue weighted by Crippen LogP contribution is 2.19. The molecule has 1 rings (SSSR count). The molecular weight excluding hydrogens is 276 g/mol. The summed E-state index contributed by atoms with van der Waals surface area (Å²) in [6.07, 6.45) is 2.82. The fraction of sp³-hybridized carbons (Fsp3) is 0.357. The van der Waals surface area contributed by atoms with Crippen LogP contribution >= 0.6 is 0 Å². The fourth-order valence-corrected chi connectivity index (χ4v) is 2.67. The third kappa shape index (κ3) is 5.05. The average molecular weight is 296 g/mol. The summed E-state index contributed by atoms with van der Waals surface area (Å²) in [4.78, 5) is 11.6. The Hall–Kier alpha value is -1.82. The predicted molar refractivity (Wildman–Crippen MR) is 81.2 cm³/mol. The summed E-state index contributed by atoms with van der Waals surface area (Å²) in [6.45, 7) is 5.89. The summed E-state index contributed by atoms with van der Waals surface area (Å²) in [7, 11) is -3.42. The summed E-state index contributed by atoms with van der Waals surface area (Å²) in [5.74, 6) is -0.203. The van der Waals surface area contributed by atoms with E-state index in [0.29, 0.717) is 12.2 Å². The molecule has 0 unspecified atom stereocenters. The Bertz CT molecular complexity index is 582. The molecule has 0 aliphatic heterocycles. The largest absolute Gasteiger partial charge is 0.353 e. The maximum absolute atomic E-state index is 11.8. The third-order valence-corrected chi connectivity index (χ3v) is 3.87. The van der Waals surface area contributed by atoms with Gasteiger partial charge in [-0.2, -0.15) is 0 Å². The molecule has 1 aromatic carbocycles. The van der Waals surface area contributed by atoms with Gasteiger partial charge in [0.1, 0.15) is 0 Å². The van der Waals surface area contributed by atoms with Crippen LogP contribution < -0.4 is 9.62 Å². The minimum atomic E-state index is -3.42. The van der Waals surface area contributed by atoms with E-state index in [-0.39, 0.29) is 18.9 Å². The van der Waals surface area contributed by atoms with Gasteiger partial charge < -0.3 is 5.32 Å². The Balaban J connectivity index is 2.82. The molecule has 0 atom stereocenters. The first-order valence-corrected chi connectivity index (χ1v) is 8.11. The molecule has 0 heterocycles. The van der Waals surface area contributed by atoms with E-state index in [1.807, 2.05) is 13.0 Å². The second kappa shape index (κ2) is 7.09. The first-order chi connectivity index (χ1) is 9.34. The molecule has 0 spiro atoms. The number of sulfonamides is 1. The number of rotatable bonds is 7. The Morgan fingerprint density at radius 3 is 2.70 bits per heavy atom. The molecule has 0 saturated heterocycles. The number of carbonyl (C=O) groups is 1. The highest BCUT2D eigenvalue weighted by atomic mass is 32.2. The molecule has 1 N–H and O–H groups in total. The number of anilines is 1. The van der Waals surface area contributed by atoms with Crippen molar-refractivity contribution >= 4 is 21.6 Å². The maximum atomic E-state index is 11.8. The molecule has 0 radical (unpaired) electrons. The van der Waals surface area contributed by atoms with Gasteiger partial charge >= 0.3 is 0 Å². The number of aryl methyl sites for hydroxylation is 1. The van der Waals surface area contributed by atoms with Crippen LogP contribution in [0.5, 0.6) is 0 Å². The van der Waals surface area contributed by atoms with Crippen LogP contribution in [0.15, 0.2) is 36.9 Å². The Morgan fingerprint density at radius 1 is 1.45 bits per heavy atom. The minimum absolute atomic E-state index is 0.106. The van der Waals surface area contributed by atoms with Crippen molar-refractivity contribution in [2.24, 2.45) is 0 Å². The summed E-state index contributed by atoms with van der Waals surface area (Å²) < 4.78 is 24.9. The lowest BCUT2D eigenvalue weighted by molar-refractivity contribution is -0.120. The van der Waals surface area contributed by atoms with Gasteiger partial charge in [0.05, 0.1) is 11.9 Å². The van der Waals surface area contributed by atoms with Crippen LogP contribution in [0.3, 0.4) is 0 Å². The minimum Gasteiger partial charge on any atom is -0.353 e. The van der Waals surface area contributed by atoms with Gasteiger partial charge in [-0.05, 0) is 24.6 Å². The van der Waals surface area contributed by atoms with E-state index in [9.17, 15) is 13.2 Å². The van der Waals surface area contributed by atoms with Crippen molar-refractivity contribution in [1.29, 1.82) is 0 Å². The first-order valence-electron chi connectivity index (χ1n) is 6.26. The van der Waals surface area contributed by atoms with Gasteiger partial charge in [0.2, 0.25) is 15.9 Å². The van der Waals surface area contributed by atoms with Crippen molar-refractivity contribution in [3.63, 3.8) is 0 Å². The van der Waals surface area contributed by atoms with Crippen LogP contribution in [0.1, 0.15) is 12.0 Å². The van der Waals surface area contributed by atoms with Crippen LogP contribution in [0.25, 0.3) is 0 Å². The van der Waals surface area contributed by atoms with Crippen molar-refractivity contribution < 1.29 is 13.2 Å². The second-order valence-corrected chi connectivity index (χ2v) is 6.42. The SMILES string of the molecule is C=CCNC(=O)CCN(c1cccc(C)c1)S(C)(=O)=O. The molecule has 0 saturated carbocycles. The number of hydrogen-bond acceptors (Lipinski definition) is 3. The number of hydrogen-bond donors (Lipinski definition) is 1. The highest BCUT2D eigenvalue weighted by molar-refractivity contribution is 7.92. The molecule has 1 aromatic rings. The van der Waals surface area contributed by atoms with E-state index < -0.39 is 10.0 Å². The summed E-state index contributed by atoms with van der Waals surface area (Å²) in [6, 6.07) is 7.18.